The Kier molecular flexibility index (Phi) is 4.44. The van der Waals surface area contributed by atoms with Crippen molar-refractivity contribution in [3.8, 4) is 0 Å². The molecule has 1 aliphatic carbocycles. The van der Waals surface area contributed by atoms with Crippen molar-refractivity contribution in [1.82, 2.24) is 9.78 Å². The van der Waals surface area contributed by atoms with Gasteiger partial charge in [0.2, 0.25) is 0 Å². The van der Waals surface area contributed by atoms with Gasteiger partial charge in [0.05, 0.1) is 6.20 Å². The largest absolute Gasteiger partial charge is 0.321 e. The smallest absolute Gasteiger partial charge is 0.0540 e. The van der Waals surface area contributed by atoms with Crippen LogP contribution in [0.5, 0.6) is 0 Å². The van der Waals surface area contributed by atoms with Crippen molar-refractivity contribution in [2.45, 2.75) is 70.9 Å². The van der Waals surface area contributed by atoms with Gasteiger partial charge in [0.15, 0.2) is 0 Å². The highest BCUT2D eigenvalue weighted by molar-refractivity contribution is 5.18. The van der Waals surface area contributed by atoms with Gasteiger partial charge >= 0.3 is 0 Å². The van der Waals surface area contributed by atoms with Gasteiger partial charge in [-0.1, -0.05) is 32.6 Å². The van der Waals surface area contributed by atoms with E-state index in [0.717, 1.165) is 25.3 Å². The van der Waals surface area contributed by atoms with Gasteiger partial charge in [0.1, 0.15) is 0 Å². The predicted octanol–water partition coefficient (Wildman–Crippen LogP) is 3.44. The lowest BCUT2D eigenvalue weighted by molar-refractivity contribution is 0.367. The van der Waals surface area contributed by atoms with Crippen LogP contribution in [0.2, 0.25) is 0 Å². The molecule has 2 rings (SSSR count). The zero-order valence-electron chi connectivity index (χ0n) is 11.9. The van der Waals surface area contributed by atoms with Crippen LogP contribution in [0.1, 0.15) is 64.4 Å². The third kappa shape index (κ3) is 2.94. The molecule has 0 bridgehead atoms. The molecular formula is C15H27N3. The Balaban J connectivity index is 2.06. The Morgan fingerprint density at radius 3 is 2.89 bits per heavy atom. The lowest BCUT2D eigenvalue weighted by Gasteiger charge is -2.27. The Morgan fingerprint density at radius 1 is 1.39 bits per heavy atom. The molecule has 1 aromatic rings. The minimum Gasteiger partial charge on any atom is -0.321 e. The molecule has 102 valence electrons. The van der Waals surface area contributed by atoms with Crippen LogP contribution in [-0.2, 0) is 12.1 Å². The average Bonchev–Trinajstić information content (AvgIpc) is 2.78. The number of hydrogen-bond donors (Lipinski definition) is 1. The monoisotopic (exact) mass is 249 g/mol. The average molecular weight is 249 g/mol. The Labute approximate surface area is 111 Å². The summed E-state index contributed by atoms with van der Waals surface area (Å²) in [5.41, 5.74) is 7.76. The zero-order chi connectivity index (χ0) is 13.0. The van der Waals surface area contributed by atoms with E-state index in [4.69, 9.17) is 5.73 Å². The van der Waals surface area contributed by atoms with Crippen LogP contribution in [0.3, 0.4) is 0 Å². The van der Waals surface area contributed by atoms with Gasteiger partial charge in [-0.05, 0) is 32.1 Å². The molecule has 3 nitrogen and oxygen atoms in total. The molecule has 0 aliphatic heterocycles. The van der Waals surface area contributed by atoms with Crippen molar-refractivity contribution in [2.75, 3.05) is 0 Å². The zero-order valence-corrected chi connectivity index (χ0v) is 11.9. The Bertz CT molecular complexity index is 372. The summed E-state index contributed by atoms with van der Waals surface area (Å²) in [6, 6.07) is 0. The molecule has 2 atom stereocenters. The molecule has 1 fully saturated rings. The van der Waals surface area contributed by atoms with Crippen LogP contribution >= 0.6 is 0 Å². The number of nitrogens with zero attached hydrogens (tertiary/aromatic N) is 2. The third-order valence-electron chi connectivity index (χ3n) is 4.46. The van der Waals surface area contributed by atoms with E-state index in [1.165, 1.54) is 37.7 Å². The quantitative estimate of drug-likeness (QED) is 0.831. The first-order valence-corrected chi connectivity index (χ1v) is 7.49. The molecule has 2 N–H and O–H groups in total. The topological polar surface area (TPSA) is 43.8 Å². The summed E-state index contributed by atoms with van der Waals surface area (Å²) in [7, 11) is 0. The fraction of sp³-hybridized carbons (Fsp3) is 0.800. The number of nitrogens with two attached hydrogens (primary N) is 1. The maximum absolute atomic E-state index is 6.65. The molecule has 1 aromatic heterocycles. The second-order valence-corrected chi connectivity index (χ2v) is 5.83. The summed E-state index contributed by atoms with van der Waals surface area (Å²) in [4.78, 5) is 0. The Hall–Kier alpha value is -0.830. The fourth-order valence-electron chi connectivity index (χ4n) is 3.22. The van der Waals surface area contributed by atoms with Crippen molar-refractivity contribution < 1.29 is 0 Å². The normalized spacial score (nSPS) is 29.2. The van der Waals surface area contributed by atoms with E-state index in [2.05, 4.69) is 25.1 Å². The minimum atomic E-state index is -0.129. The lowest BCUT2D eigenvalue weighted by atomic mass is 9.85. The summed E-state index contributed by atoms with van der Waals surface area (Å²) >= 11 is 0. The molecule has 0 aromatic carbocycles. The van der Waals surface area contributed by atoms with Crippen molar-refractivity contribution in [3.63, 3.8) is 0 Å². The van der Waals surface area contributed by atoms with Crippen molar-refractivity contribution in [2.24, 2.45) is 11.7 Å². The van der Waals surface area contributed by atoms with Crippen molar-refractivity contribution in [1.29, 1.82) is 0 Å². The molecule has 18 heavy (non-hydrogen) atoms. The van der Waals surface area contributed by atoms with E-state index >= 15 is 0 Å². The van der Waals surface area contributed by atoms with Crippen LogP contribution in [0.4, 0.5) is 0 Å². The van der Waals surface area contributed by atoms with Crippen molar-refractivity contribution >= 4 is 0 Å². The maximum Gasteiger partial charge on any atom is 0.0540 e. The first-order chi connectivity index (χ1) is 8.68. The minimum absolute atomic E-state index is 0.129. The molecule has 0 amide bonds. The second-order valence-electron chi connectivity index (χ2n) is 5.83. The van der Waals surface area contributed by atoms with E-state index in [1.807, 2.05) is 10.9 Å². The standard InChI is InChI=1S/C15H27N3/c1-3-6-13-7-5-9-15(16,10-8-13)14-11-17-18(4-2)12-14/h11-13H,3-10,16H2,1-2H3. The molecule has 3 heteroatoms. The van der Waals surface area contributed by atoms with E-state index < -0.39 is 0 Å². The van der Waals surface area contributed by atoms with E-state index in [9.17, 15) is 0 Å². The first kappa shape index (κ1) is 13.6. The van der Waals surface area contributed by atoms with E-state index in [1.54, 1.807) is 0 Å². The molecule has 0 spiro atoms. The highest BCUT2D eigenvalue weighted by Gasteiger charge is 2.31. The molecule has 0 saturated heterocycles. The Morgan fingerprint density at radius 2 is 2.22 bits per heavy atom. The maximum atomic E-state index is 6.65. The lowest BCUT2D eigenvalue weighted by Crippen LogP contribution is -2.35. The number of hydrogen-bond acceptors (Lipinski definition) is 2. The van der Waals surface area contributed by atoms with Gasteiger partial charge in [-0.3, -0.25) is 4.68 Å². The predicted molar refractivity (Wildman–Crippen MR) is 75.2 cm³/mol. The van der Waals surface area contributed by atoms with E-state index in [-0.39, 0.29) is 5.54 Å². The van der Waals surface area contributed by atoms with Crippen molar-refractivity contribution in [3.05, 3.63) is 18.0 Å². The highest BCUT2D eigenvalue weighted by Crippen LogP contribution is 2.37. The number of aromatic nitrogens is 2. The fourth-order valence-corrected chi connectivity index (χ4v) is 3.22. The van der Waals surface area contributed by atoms with Gasteiger partial charge in [-0.15, -0.1) is 0 Å². The van der Waals surface area contributed by atoms with Crippen LogP contribution in [0.25, 0.3) is 0 Å². The van der Waals surface area contributed by atoms with Gasteiger partial charge in [-0.2, -0.15) is 5.10 Å². The molecule has 1 heterocycles. The molecule has 0 radical (unpaired) electrons. The molecule has 1 saturated carbocycles. The summed E-state index contributed by atoms with van der Waals surface area (Å²) < 4.78 is 1.98. The first-order valence-electron chi connectivity index (χ1n) is 7.49. The number of aryl methyl sites for hydroxylation is 1. The SMILES string of the molecule is CCCC1CCCC(N)(c2cnn(CC)c2)CC1. The summed E-state index contributed by atoms with van der Waals surface area (Å²) in [6.45, 7) is 5.32. The summed E-state index contributed by atoms with van der Waals surface area (Å²) in [6.07, 6.45) is 12.9. The van der Waals surface area contributed by atoms with E-state index in [0.29, 0.717) is 0 Å². The van der Waals surface area contributed by atoms with Gasteiger partial charge in [0, 0.05) is 23.8 Å². The van der Waals surface area contributed by atoms with Crippen LogP contribution < -0.4 is 5.73 Å². The van der Waals surface area contributed by atoms with Gasteiger partial charge < -0.3 is 5.73 Å². The second kappa shape index (κ2) is 5.87. The molecule has 1 aliphatic rings. The third-order valence-corrected chi connectivity index (χ3v) is 4.46. The van der Waals surface area contributed by atoms with Gasteiger partial charge in [0.25, 0.3) is 0 Å². The van der Waals surface area contributed by atoms with Crippen LogP contribution in [0.15, 0.2) is 12.4 Å². The summed E-state index contributed by atoms with van der Waals surface area (Å²) in [5.74, 6) is 0.890. The molecule has 2 unspecified atom stereocenters. The number of rotatable bonds is 4. The van der Waals surface area contributed by atoms with Crippen LogP contribution in [-0.4, -0.2) is 9.78 Å². The molecular weight excluding hydrogens is 222 g/mol. The van der Waals surface area contributed by atoms with Gasteiger partial charge in [-0.25, -0.2) is 0 Å². The summed E-state index contributed by atoms with van der Waals surface area (Å²) in [5, 5.41) is 4.38. The highest BCUT2D eigenvalue weighted by atomic mass is 15.3. The van der Waals surface area contributed by atoms with Crippen LogP contribution in [0, 0.1) is 5.92 Å².